The highest BCUT2D eigenvalue weighted by molar-refractivity contribution is 14.1. The van der Waals surface area contributed by atoms with Crippen molar-refractivity contribution in [2.24, 2.45) is 5.92 Å². The van der Waals surface area contributed by atoms with Crippen molar-refractivity contribution >= 4 is 22.6 Å². The fourth-order valence-electron chi connectivity index (χ4n) is 1.60. The van der Waals surface area contributed by atoms with Gasteiger partial charge in [0.2, 0.25) is 0 Å². The van der Waals surface area contributed by atoms with Crippen LogP contribution in [-0.2, 0) is 0 Å². The minimum absolute atomic E-state index is 0.335. The monoisotopic (exact) mass is 254 g/mol. The average molecular weight is 254 g/mol. The van der Waals surface area contributed by atoms with E-state index in [1.807, 2.05) is 0 Å². The Labute approximate surface area is 76.3 Å². The van der Waals surface area contributed by atoms with E-state index in [-0.39, 0.29) is 5.60 Å². The molecule has 0 aromatic rings. The van der Waals surface area contributed by atoms with Gasteiger partial charge < -0.3 is 5.11 Å². The maximum atomic E-state index is 9.94. The van der Waals surface area contributed by atoms with Crippen molar-refractivity contribution < 1.29 is 5.11 Å². The lowest BCUT2D eigenvalue weighted by Crippen LogP contribution is -2.40. The summed E-state index contributed by atoms with van der Waals surface area (Å²) in [6.07, 6.45) is 4.74. The maximum Gasteiger partial charge on any atom is 0.0762 e. The summed E-state index contributed by atoms with van der Waals surface area (Å²) in [4.78, 5) is 0. The molecule has 0 heterocycles. The van der Waals surface area contributed by atoms with E-state index in [4.69, 9.17) is 0 Å². The van der Waals surface area contributed by atoms with E-state index in [9.17, 15) is 5.11 Å². The van der Waals surface area contributed by atoms with E-state index in [1.54, 1.807) is 0 Å². The molecule has 2 atom stereocenters. The van der Waals surface area contributed by atoms with Crippen molar-refractivity contribution in [3.8, 4) is 0 Å². The highest BCUT2D eigenvalue weighted by atomic mass is 127. The molecule has 0 aromatic heterocycles. The Morgan fingerprint density at radius 2 is 2.30 bits per heavy atom. The molecule has 0 bridgehead atoms. The molecule has 1 aliphatic rings. The zero-order valence-electron chi connectivity index (χ0n) is 6.44. The van der Waals surface area contributed by atoms with Gasteiger partial charge in [-0.15, -0.1) is 0 Å². The number of rotatable bonds is 1. The molecule has 0 spiro atoms. The van der Waals surface area contributed by atoms with Crippen LogP contribution in [0.5, 0.6) is 0 Å². The van der Waals surface area contributed by atoms with Gasteiger partial charge in [0.25, 0.3) is 0 Å². The van der Waals surface area contributed by atoms with Gasteiger partial charge in [-0.05, 0) is 18.8 Å². The van der Waals surface area contributed by atoms with Crippen molar-refractivity contribution in [3.63, 3.8) is 0 Å². The lowest BCUT2D eigenvalue weighted by atomic mass is 9.78. The highest BCUT2D eigenvalue weighted by Gasteiger charge is 2.34. The van der Waals surface area contributed by atoms with E-state index in [2.05, 4.69) is 29.5 Å². The molecule has 2 heteroatoms. The van der Waals surface area contributed by atoms with Crippen LogP contribution < -0.4 is 0 Å². The third-order valence-electron chi connectivity index (χ3n) is 2.65. The van der Waals surface area contributed by atoms with Crippen LogP contribution in [0.15, 0.2) is 0 Å². The summed E-state index contributed by atoms with van der Waals surface area (Å²) in [6.45, 7) is 2.16. The fourth-order valence-corrected chi connectivity index (χ4v) is 2.73. The van der Waals surface area contributed by atoms with Gasteiger partial charge in [0, 0.05) is 4.43 Å². The first-order chi connectivity index (χ1) is 4.69. The van der Waals surface area contributed by atoms with Crippen LogP contribution in [0.1, 0.15) is 32.6 Å². The van der Waals surface area contributed by atoms with Crippen LogP contribution in [0.25, 0.3) is 0 Å². The van der Waals surface area contributed by atoms with Gasteiger partial charge >= 0.3 is 0 Å². The Morgan fingerprint density at radius 3 is 2.70 bits per heavy atom. The fraction of sp³-hybridized carbons (Fsp3) is 1.00. The Bertz CT molecular complexity index is 116. The molecule has 1 saturated carbocycles. The van der Waals surface area contributed by atoms with E-state index in [1.165, 1.54) is 19.3 Å². The number of hydrogen-bond acceptors (Lipinski definition) is 1. The van der Waals surface area contributed by atoms with Gasteiger partial charge in [-0.25, -0.2) is 0 Å². The SMILES string of the molecule is C[C@H]1CCCC[C@@]1(O)CI. The van der Waals surface area contributed by atoms with Crippen molar-refractivity contribution in [2.75, 3.05) is 4.43 Å². The van der Waals surface area contributed by atoms with Gasteiger partial charge in [0.05, 0.1) is 5.60 Å². The zero-order chi connectivity index (χ0) is 7.61. The first-order valence-electron chi connectivity index (χ1n) is 3.97. The molecule has 0 aromatic carbocycles. The van der Waals surface area contributed by atoms with Crippen molar-refractivity contribution in [3.05, 3.63) is 0 Å². The average Bonchev–Trinajstić information content (AvgIpc) is 1.96. The second kappa shape index (κ2) is 3.39. The van der Waals surface area contributed by atoms with Crippen molar-refractivity contribution in [1.29, 1.82) is 0 Å². The normalized spacial score (nSPS) is 41.7. The minimum Gasteiger partial charge on any atom is -0.389 e. The van der Waals surface area contributed by atoms with Crippen LogP contribution in [0.2, 0.25) is 0 Å². The summed E-state index contributed by atoms with van der Waals surface area (Å²) in [5.41, 5.74) is -0.335. The van der Waals surface area contributed by atoms with Crippen LogP contribution in [0, 0.1) is 5.92 Å². The van der Waals surface area contributed by atoms with Crippen LogP contribution in [0.4, 0.5) is 0 Å². The number of hydrogen-bond donors (Lipinski definition) is 1. The molecule has 0 amide bonds. The summed E-state index contributed by atoms with van der Waals surface area (Å²) >= 11 is 2.29. The molecule has 1 fully saturated rings. The second-order valence-corrected chi connectivity index (χ2v) is 4.15. The van der Waals surface area contributed by atoms with Gasteiger partial charge in [-0.1, -0.05) is 42.4 Å². The summed E-state index contributed by atoms with van der Waals surface area (Å²) in [6, 6.07) is 0. The second-order valence-electron chi connectivity index (χ2n) is 3.38. The smallest absolute Gasteiger partial charge is 0.0762 e. The molecule has 1 rings (SSSR count). The molecule has 10 heavy (non-hydrogen) atoms. The summed E-state index contributed by atoms with van der Waals surface area (Å²) in [5, 5.41) is 9.94. The van der Waals surface area contributed by atoms with Gasteiger partial charge in [-0.3, -0.25) is 0 Å². The van der Waals surface area contributed by atoms with Crippen molar-refractivity contribution in [1.82, 2.24) is 0 Å². The molecule has 0 saturated heterocycles. The number of alkyl halides is 1. The number of aliphatic hydroxyl groups is 1. The molecular weight excluding hydrogens is 239 g/mol. The summed E-state index contributed by atoms with van der Waals surface area (Å²) < 4.78 is 0.895. The summed E-state index contributed by atoms with van der Waals surface area (Å²) in [7, 11) is 0. The molecule has 60 valence electrons. The molecule has 1 aliphatic carbocycles. The zero-order valence-corrected chi connectivity index (χ0v) is 8.60. The Hall–Kier alpha value is 0.690. The topological polar surface area (TPSA) is 20.2 Å². The van der Waals surface area contributed by atoms with Gasteiger partial charge in [0.1, 0.15) is 0 Å². The molecule has 0 aliphatic heterocycles. The van der Waals surface area contributed by atoms with E-state index < -0.39 is 0 Å². The van der Waals surface area contributed by atoms with E-state index in [0.29, 0.717) is 5.92 Å². The Balaban J connectivity index is 2.54. The standard InChI is InChI=1S/C8H15IO/c1-7-4-2-3-5-8(7,10)6-9/h7,10H,2-6H2,1H3/t7-,8+/m0/s1. The lowest BCUT2D eigenvalue weighted by Gasteiger charge is -2.36. The largest absolute Gasteiger partial charge is 0.389 e. The van der Waals surface area contributed by atoms with Crippen LogP contribution in [0.3, 0.4) is 0 Å². The highest BCUT2D eigenvalue weighted by Crippen LogP contribution is 2.34. The first-order valence-corrected chi connectivity index (χ1v) is 5.50. The molecule has 1 N–H and O–H groups in total. The third-order valence-corrected chi connectivity index (χ3v) is 3.97. The van der Waals surface area contributed by atoms with E-state index >= 15 is 0 Å². The third kappa shape index (κ3) is 1.64. The Morgan fingerprint density at radius 1 is 1.60 bits per heavy atom. The maximum absolute atomic E-state index is 9.94. The van der Waals surface area contributed by atoms with Gasteiger partial charge in [-0.2, -0.15) is 0 Å². The molecule has 1 nitrogen and oxygen atoms in total. The number of halogens is 1. The predicted octanol–water partition coefficient (Wildman–Crippen LogP) is 2.36. The Kier molecular flexibility index (Phi) is 2.98. The summed E-state index contributed by atoms with van der Waals surface area (Å²) in [5.74, 6) is 0.512. The van der Waals surface area contributed by atoms with Crippen molar-refractivity contribution in [2.45, 2.75) is 38.2 Å². The van der Waals surface area contributed by atoms with Crippen LogP contribution in [-0.4, -0.2) is 15.1 Å². The molecule has 0 unspecified atom stereocenters. The van der Waals surface area contributed by atoms with Gasteiger partial charge in [0.15, 0.2) is 0 Å². The van der Waals surface area contributed by atoms with Crippen LogP contribution >= 0.6 is 22.6 Å². The predicted molar refractivity (Wildman–Crippen MR) is 51.5 cm³/mol. The lowest BCUT2D eigenvalue weighted by molar-refractivity contribution is -0.0167. The molecular formula is C8H15IO. The quantitative estimate of drug-likeness (QED) is 0.562. The minimum atomic E-state index is -0.335. The molecule has 0 radical (unpaired) electrons. The van der Waals surface area contributed by atoms with E-state index in [0.717, 1.165) is 10.8 Å². The first kappa shape index (κ1) is 8.78.